The summed E-state index contributed by atoms with van der Waals surface area (Å²) in [6.07, 6.45) is 18.2. The molecular weight excluding hydrogens is 2000 g/mol. The van der Waals surface area contributed by atoms with Crippen LogP contribution < -0.4 is 5.73 Å². The standard InChI is InChI=1S/2C25H24BrClN4O2.C24H22BrClN4O3.C24H22BrN5O3/c2*1-13-17-5-7-31(24(17)29-12-28-13)20-11-25(22(33)21(20)32)6-4-16(10-25)14-2-3-15-8-18(26)23(27)30-19(15)9-14;2*1-12-16-5-7-30(22(16)28-11-27-12)23-19(31)20(32)24(33-23)6-4-15(10-24)13-2-3-14-8-17(25)21(26)29-18(14)9-13/h2*2-3,5,7-9,12,16,20-22,32-33H,4,6,10-11H2,1H3;2-3,5,7-9,11,15,19-20,23,31-32H,4,6,10H2,1H3;2-9,11,15,19-20,23,31-32H,10H2,1H3,(H2,26,29). The van der Waals surface area contributed by atoms with Gasteiger partial charge < -0.3 is 74.3 Å². The molecule has 8 aliphatic rings. The average Bonchev–Trinajstić information content (AvgIpc) is 1.59. The van der Waals surface area contributed by atoms with Crippen molar-refractivity contribution in [3.63, 3.8) is 0 Å². The van der Waals surface area contributed by atoms with Crippen molar-refractivity contribution >= 4 is 192 Å². The minimum absolute atomic E-state index is 0.00708. The van der Waals surface area contributed by atoms with Gasteiger partial charge in [-0.1, -0.05) is 95.5 Å². The molecule has 10 N–H and O–H groups in total. The largest absolute Gasteiger partial charge is 0.390 e. The molecule has 4 spiro atoms. The Hall–Kier alpha value is -9.07. The number of hydrogen-bond donors (Lipinski definition) is 9. The number of hydrogen-bond acceptors (Lipinski definition) is 23. The summed E-state index contributed by atoms with van der Waals surface area (Å²) in [5.74, 6) is 1.25. The Labute approximate surface area is 805 Å². The van der Waals surface area contributed by atoms with E-state index in [0.717, 1.165) is 186 Å². The molecule has 5 saturated carbocycles. The Morgan fingerprint density at radius 3 is 1.16 bits per heavy atom. The number of halogens is 7. The number of rotatable bonds is 8. The molecular formula is C98H92Br4Cl3N17O10. The maximum atomic E-state index is 11.2. The van der Waals surface area contributed by atoms with Crippen LogP contribution in [0.3, 0.4) is 0 Å². The van der Waals surface area contributed by atoms with Gasteiger partial charge in [-0.3, -0.25) is 0 Å². The van der Waals surface area contributed by atoms with E-state index in [4.69, 9.17) is 50.0 Å². The van der Waals surface area contributed by atoms with E-state index in [1.165, 1.54) is 23.8 Å². The van der Waals surface area contributed by atoms with Gasteiger partial charge in [0.1, 0.15) is 117 Å². The van der Waals surface area contributed by atoms with E-state index in [0.29, 0.717) is 63.7 Å². The molecule has 12 aromatic heterocycles. The molecule has 0 bridgehead atoms. The number of fused-ring (bicyclic) bond motifs is 8. The number of benzene rings is 4. The molecule has 2 saturated heterocycles. The van der Waals surface area contributed by atoms with Crippen LogP contribution in [0, 0.1) is 38.5 Å². The highest BCUT2D eigenvalue weighted by Gasteiger charge is 2.61. The lowest BCUT2D eigenvalue weighted by molar-refractivity contribution is -0.0987. The number of allylic oxidation sites excluding steroid dienone is 1. The van der Waals surface area contributed by atoms with Crippen LogP contribution in [0.1, 0.15) is 170 Å². The predicted molar refractivity (Wildman–Crippen MR) is 518 cm³/mol. The molecule has 132 heavy (non-hydrogen) atoms. The first-order valence-corrected chi connectivity index (χ1v) is 48.5. The Balaban J connectivity index is 0.000000106. The summed E-state index contributed by atoms with van der Waals surface area (Å²) in [7, 11) is 0. The van der Waals surface area contributed by atoms with Crippen LogP contribution in [0.2, 0.25) is 15.5 Å². The fourth-order valence-corrected chi connectivity index (χ4v) is 24.6. The monoisotopic (exact) mass is 2090 g/mol. The highest BCUT2D eigenvalue weighted by Crippen LogP contribution is 2.62. The molecule has 14 heterocycles. The lowest BCUT2D eigenvalue weighted by Crippen LogP contribution is -2.40. The van der Waals surface area contributed by atoms with Gasteiger partial charge in [0, 0.05) is 84.6 Å². The zero-order chi connectivity index (χ0) is 91.6. The molecule has 0 radical (unpaired) electrons. The number of ether oxygens (including phenoxy) is 2. The van der Waals surface area contributed by atoms with Crippen molar-refractivity contribution in [2.75, 3.05) is 5.73 Å². The van der Waals surface area contributed by atoms with Gasteiger partial charge >= 0.3 is 0 Å². The number of nitrogens with zero attached hydrogens (tertiary/aromatic N) is 16. The van der Waals surface area contributed by atoms with E-state index < -0.39 is 72.5 Å². The fourth-order valence-electron chi connectivity index (χ4n) is 22.8. The second kappa shape index (κ2) is 34.6. The molecule has 27 nitrogen and oxygen atoms in total. The lowest BCUT2D eigenvalue weighted by Gasteiger charge is -2.28. The molecule has 34 heteroatoms. The topological polar surface area (TPSA) is 381 Å². The van der Waals surface area contributed by atoms with Gasteiger partial charge in [-0.05, 0) is 281 Å². The van der Waals surface area contributed by atoms with Crippen LogP contribution in [0.15, 0.2) is 201 Å². The van der Waals surface area contributed by atoms with E-state index >= 15 is 0 Å². The minimum Gasteiger partial charge on any atom is -0.390 e. The summed E-state index contributed by atoms with van der Waals surface area (Å²) in [5, 5.41) is 97.8. The van der Waals surface area contributed by atoms with E-state index in [1.54, 1.807) is 21.8 Å². The number of aryl methyl sites for hydroxylation is 4. The van der Waals surface area contributed by atoms with Crippen LogP contribution in [0.5, 0.6) is 0 Å². The molecule has 20 atom stereocenters. The van der Waals surface area contributed by atoms with Crippen molar-refractivity contribution in [2.24, 2.45) is 10.8 Å². The molecule has 16 aromatic rings. The molecule has 7 fully saturated rings. The number of nitrogens with two attached hydrogens (primary N) is 1. The van der Waals surface area contributed by atoms with Crippen molar-refractivity contribution in [3.05, 3.63) is 262 Å². The second-order valence-electron chi connectivity index (χ2n) is 37.2. The Bertz CT molecular complexity index is 6820. The number of pyridine rings is 4. The fraction of sp³-hybridized carbons (Fsp3) is 0.367. The van der Waals surface area contributed by atoms with E-state index in [-0.39, 0.29) is 34.7 Å². The summed E-state index contributed by atoms with van der Waals surface area (Å²) in [4.78, 5) is 52.7. The summed E-state index contributed by atoms with van der Waals surface area (Å²) in [6, 6.07) is 40.3. The molecule has 0 amide bonds. The molecule has 4 aromatic carbocycles. The summed E-state index contributed by atoms with van der Waals surface area (Å²) < 4.78 is 23.6. The highest BCUT2D eigenvalue weighted by molar-refractivity contribution is 9.11. The minimum atomic E-state index is -1.10. The smallest absolute Gasteiger partial charge is 0.165 e. The summed E-state index contributed by atoms with van der Waals surface area (Å²) in [5.41, 5.74) is 18.1. The van der Waals surface area contributed by atoms with E-state index in [9.17, 15) is 40.9 Å². The number of aromatic nitrogens is 16. The van der Waals surface area contributed by atoms with Crippen LogP contribution in [0.25, 0.3) is 87.7 Å². The van der Waals surface area contributed by atoms with Gasteiger partial charge in [0.25, 0.3) is 0 Å². The molecule has 24 rings (SSSR count). The highest BCUT2D eigenvalue weighted by atomic mass is 79.9. The van der Waals surface area contributed by atoms with Gasteiger partial charge in [0.15, 0.2) is 12.5 Å². The molecule has 678 valence electrons. The first-order valence-electron chi connectivity index (χ1n) is 44.2. The van der Waals surface area contributed by atoms with E-state index in [1.807, 2.05) is 140 Å². The van der Waals surface area contributed by atoms with Crippen molar-refractivity contribution in [2.45, 2.75) is 213 Å². The normalized spacial score (nSPS) is 29.5. The average molecular weight is 2090 g/mol. The van der Waals surface area contributed by atoms with Crippen LogP contribution >= 0.6 is 98.5 Å². The third-order valence-electron chi connectivity index (χ3n) is 29.9. The van der Waals surface area contributed by atoms with Gasteiger partial charge in [0.2, 0.25) is 0 Å². The Kier molecular flexibility index (Phi) is 23.5. The predicted octanol–water partition coefficient (Wildman–Crippen LogP) is 18.7. The third kappa shape index (κ3) is 15.5. The van der Waals surface area contributed by atoms with Crippen molar-refractivity contribution in [1.29, 1.82) is 0 Å². The van der Waals surface area contributed by atoms with Crippen LogP contribution in [-0.2, 0) is 9.47 Å². The van der Waals surface area contributed by atoms with Gasteiger partial charge in [-0.2, -0.15) is 0 Å². The number of aliphatic hydroxyl groups excluding tert-OH is 8. The Morgan fingerprint density at radius 1 is 0.371 bits per heavy atom. The van der Waals surface area contributed by atoms with Gasteiger partial charge in [-0.15, -0.1) is 0 Å². The quantitative estimate of drug-likeness (QED) is 0.0504. The van der Waals surface area contributed by atoms with Crippen molar-refractivity contribution in [1.82, 2.24) is 78.1 Å². The SMILES string of the molecule is Cc1ncnc2c1ccn2C1CC2(CCC(c3ccc4cc(Br)c(Cl)nc4c3)C2)C(O)C1O.Cc1ncnc2c1ccn2C1CC2(CCC(c3ccc4cc(Br)c(Cl)nc4c3)C2)C(O)C1O.Cc1ncnc2c1ccn2C1OC2(C=CC(c3ccc4cc(Br)c(N)nc4c3)C2)C(O)C1O.Cc1ncnc2c1ccn2C1OC2(CCC(c3ccc4cc(Br)c(Cl)nc4c3)C2)C(O)C1O. The van der Waals surface area contributed by atoms with Crippen LogP contribution in [0.4, 0.5) is 5.82 Å². The molecule has 6 aliphatic carbocycles. The summed E-state index contributed by atoms with van der Waals surface area (Å²) >= 11 is 32.4. The maximum absolute atomic E-state index is 11.2. The molecule has 20 unspecified atom stereocenters. The lowest BCUT2D eigenvalue weighted by atomic mass is 9.80. The van der Waals surface area contributed by atoms with Crippen molar-refractivity contribution in [3.8, 4) is 0 Å². The Morgan fingerprint density at radius 2 is 0.727 bits per heavy atom. The first-order chi connectivity index (χ1) is 63.4. The van der Waals surface area contributed by atoms with Crippen molar-refractivity contribution < 1.29 is 50.3 Å². The first kappa shape index (κ1) is 89.5. The number of anilines is 1. The van der Waals surface area contributed by atoms with E-state index in [2.05, 4.69) is 178 Å². The third-order valence-corrected chi connectivity index (χ3v) is 33.8. The second-order valence-corrected chi connectivity index (χ2v) is 41.7. The van der Waals surface area contributed by atoms with Gasteiger partial charge in [-0.25, -0.2) is 59.8 Å². The van der Waals surface area contributed by atoms with Crippen LogP contribution in [-0.4, -0.2) is 179 Å². The number of aliphatic hydroxyl groups is 8. The molecule has 2 aliphatic heterocycles. The number of nitrogen functional groups attached to an aromatic ring is 1. The summed E-state index contributed by atoms with van der Waals surface area (Å²) in [6.45, 7) is 7.75. The maximum Gasteiger partial charge on any atom is 0.165 e. The zero-order valence-corrected chi connectivity index (χ0v) is 80.4. The zero-order valence-electron chi connectivity index (χ0n) is 71.8. The van der Waals surface area contributed by atoms with Gasteiger partial charge in [0.05, 0.1) is 87.0 Å².